The number of nitrogens with one attached hydrogen (secondary N) is 1. The zero-order valence-corrected chi connectivity index (χ0v) is 15.4. The van der Waals surface area contributed by atoms with E-state index in [1.54, 1.807) is 12.1 Å². The highest BCUT2D eigenvalue weighted by molar-refractivity contribution is 6.01. The molecule has 0 radical (unpaired) electrons. The third-order valence-corrected chi connectivity index (χ3v) is 4.57. The van der Waals surface area contributed by atoms with Crippen molar-refractivity contribution in [3.8, 4) is 11.1 Å². The average molecular weight is 369 g/mol. The fraction of sp³-hybridized carbons (Fsp3) is 0.0909. The lowest BCUT2D eigenvalue weighted by Crippen LogP contribution is -2.12. The molecular weight excluding hydrogens is 350 g/mol. The summed E-state index contributed by atoms with van der Waals surface area (Å²) in [5.74, 6) is 0.272. The quantitative estimate of drug-likeness (QED) is 0.559. The van der Waals surface area contributed by atoms with Gasteiger partial charge in [0, 0.05) is 29.4 Å². The number of nitrogens with two attached hydrogens (primary N) is 1. The predicted molar refractivity (Wildman–Crippen MR) is 110 cm³/mol. The molecule has 0 bridgehead atoms. The molecule has 4 rings (SSSR count). The van der Waals surface area contributed by atoms with Crippen molar-refractivity contribution in [2.24, 2.45) is 5.73 Å². The van der Waals surface area contributed by atoms with Crippen LogP contribution in [0.2, 0.25) is 0 Å². The molecule has 2 heterocycles. The minimum absolute atomic E-state index is 0.453. The highest BCUT2D eigenvalue weighted by atomic mass is 16.1. The molecule has 0 saturated heterocycles. The summed E-state index contributed by atoms with van der Waals surface area (Å²) < 4.78 is 0. The Labute approximate surface area is 162 Å². The van der Waals surface area contributed by atoms with Crippen LogP contribution >= 0.6 is 0 Å². The van der Waals surface area contributed by atoms with Crippen molar-refractivity contribution in [1.29, 1.82) is 0 Å². The van der Waals surface area contributed by atoms with Gasteiger partial charge >= 0.3 is 0 Å². The number of nitrogens with zero attached hydrogens (tertiary/aromatic N) is 3. The van der Waals surface area contributed by atoms with E-state index in [2.05, 4.69) is 20.3 Å². The van der Waals surface area contributed by atoms with Gasteiger partial charge in [-0.25, -0.2) is 9.97 Å². The van der Waals surface area contributed by atoms with Crippen LogP contribution in [-0.4, -0.2) is 20.9 Å². The Balaban J connectivity index is 1.72. The van der Waals surface area contributed by atoms with Gasteiger partial charge in [-0.15, -0.1) is 0 Å². The number of amides is 1. The maximum absolute atomic E-state index is 11.8. The van der Waals surface area contributed by atoms with Gasteiger partial charge in [0.15, 0.2) is 0 Å². The monoisotopic (exact) mass is 369 g/mol. The smallest absolute Gasteiger partial charge is 0.249 e. The van der Waals surface area contributed by atoms with Crippen LogP contribution < -0.4 is 11.1 Å². The van der Waals surface area contributed by atoms with Crippen molar-refractivity contribution >= 4 is 22.6 Å². The normalized spacial score (nSPS) is 10.8. The molecule has 3 N–H and O–H groups in total. The van der Waals surface area contributed by atoms with Gasteiger partial charge in [0.05, 0.1) is 5.52 Å². The second kappa shape index (κ2) is 7.44. The minimum atomic E-state index is -0.453. The van der Waals surface area contributed by atoms with E-state index < -0.39 is 5.91 Å². The maximum Gasteiger partial charge on any atom is 0.249 e. The summed E-state index contributed by atoms with van der Waals surface area (Å²) in [6, 6.07) is 17.2. The van der Waals surface area contributed by atoms with Gasteiger partial charge in [-0.3, -0.25) is 9.78 Å². The van der Waals surface area contributed by atoms with Gasteiger partial charge in [-0.05, 0) is 47.9 Å². The molecule has 6 nitrogen and oxygen atoms in total. The highest BCUT2D eigenvalue weighted by Gasteiger charge is 2.11. The Bertz CT molecular complexity index is 1160. The molecule has 0 aliphatic carbocycles. The lowest BCUT2D eigenvalue weighted by Gasteiger charge is -2.11. The number of primary amides is 1. The van der Waals surface area contributed by atoms with Crippen molar-refractivity contribution in [3.05, 3.63) is 83.9 Å². The molecule has 0 aliphatic rings. The first-order valence-corrected chi connectivity index (χ1v) is 8.91. The van der Waals surface area contributed by atoms with E-state index in [-0.39, 0.29) is 0 Å². The number of hydrogen-bond donors (Lipinski definition) is 2. The third-order valence-electron chi connectivity index (χ3n) is 4.57. The largest absolute Gasteiger partial charge is 0.366 e. The first-order chi connectivity index (χ1) is 13.6. The summed E-state index contributed by atoms with van der Waals surface area (Å²) in [6.07, 6.45) is 3.38. The number of carbonyl (C=O) groups is 1. The van der Waals surface area contributed by atoms with Gasteiger partial charge in [0.25, 0.3) is 0 Å². The number of fused-ring (bicyclic) bond motifs is 1. The Morgan fingerprint density at radius 2 is 1.89 bits per heavy atom. The molecule has 0 unspecified atom stereocenters. The van der Waals surface area contributed by atoms with Crippen LogP contribution in [0, 0.1) is 6.92 Å². The summed E-state index contributed by atoms with van der Waals surface area (Å²) in [6.45, 7) is 2.56. The van der Waals surface area contributed by atoms with Gasteiger partial charge < -0.3 is 11.1 Å². The minimum Gasteiger partial charge on any atom is -0.366 e. The van der Waals surface area contributed by atoms with E-state index in [0.29, 0.717) is 12.1 Å². The summed E-state index contributed by atoms with van der Waals surface area (Å²) in [5, 5.41) is 4.23. The SMILES string of the molecule is Cc1ccc(CNc2ncnc3ccc(-c4ccccc4C(N)=O)cc23)cn1. The fourth-order valence-electron chi connectivity index (χ4n) is 3.10. The van der Waals surface area contributed by atoms with E-state index in [0.717, 1.165) is 39.1 Å². The van der Waals surface area contributed by atoms with Crippen LogP contribution in [0.25, 0.3) is 22.0 Å². The first kappa shape index (κ1) is 17.6. The van der Waals surface area contributed by atoms with Crippen molar-refractivity contribution in [1.82, 2.24) is 15.0 Å². The topological polar surface area (TPSA) is 93.8 Å². The van der Waals surface area contributed by atoms with E-state index in [9.17, 15) is 4.79 Å². The summed E-state index contributed by atoms with van der Waals surface area (Å²) in [7, 11) is 0. The Morgan fingerprint density at radius 3 is 2.68 bits per heavy atom. The van der Waals surface area contributed by atoms with Crippen LogP contribution in [0.4, 0.5) is 5.82 Å². The molecule has 0 aliphatic heterocycles. The number of hydrogen-bond acceptors (Lipinski definition) is 5. The molecule has 0 spiro atoms. The number of carbonyl (C=O) groups excluding carboxylic acids is 1. The van der Waals surface area contributed by atoms with Crippen LogP contribution in [0.15, 0.2) is 67.1 Å². The number of aryl methyl sites for hydroxylation is 1. The first-order valence-electron chi connectivity index (χ1n) is 8.91. The predicted octanol–water partition coefficient (Wildman–Crippen LogP) is 3.71. The number of aromatic nitrogens is 3. The van der Waals surface area contributed by atoms with E-state index >= 15 is 0 Å². The Morgan fingerprint density at radius 1 is 1.04 bits per heavy atom. The maximum atomic E-state index is 11.8. The Hall–Kier alpha value is -3.80. The zero-order valence-electron chi connectivity index (χ0n) is 15.4. The highest BCUT2D eigenvalue weighted by Crippen LogP contribution is 2.29. The number of pyridine rings is 1. The third kappa shape index (κ3) is 3.53. The molecule has 6 heteroatoms. The van der Waals surface area contributed by atoms with Crippen molar-refractivity contribution in [2.75, 3.05) is 5.32 Å². The molecular formula is C22H19N5O. The lowest BCUT2D eigenvalue weighted by molar-refractivity contribution is 0.100. The van der Waals surface area contributed by atoms with Crippen molar-refractivity contribution < 1.29 is 4.79 Å². The molecule has 0 atom stereocenters. The van der Waals surface area contributed by atoms with Gasteiger partial charge in [-0.1, -0.05) is 30.3 Å². The second-order valence-electron chi connectivity index (χ2n) is 6.53. The molecule has 1 amide bonds. The summed E-state index contributed by atoms with van der Waals surface area (Å²) in [4.78, 5) is 24.8. The number of benzene rings is 2. The summed E-state index contributed by atoms with van der Waals surface area (Å²) in [5.41, 5.74) is 10.6. The van der Waals surface area contributed by atoms with E-state index in [4.69, 9.17) is 5.73 Å². The lowest BCUT2D eigenvalue weighted by atomic mass is 9.98. The molecule has 2 aromatic carbocycles. The van der Waals surface area contributed by atoms with E-state index in [1.807, 2.05) is 55.6 Å². The van der Waals surface area contributed by atoms with Crippen molar-refractivity contribution in [2.45, 2.75) is 13.5 Å². The molecule has 0 saturated carbocycles. The van der Waals surface area contributed by atoms with Crippen LogP contribution in [0.1, 0.15) is 21.6 Å². The van der Waals surface area contributed by atoms with Gasteiger partial charge in [0.1, 0.15) is 12.1 Å². The van der Waals surface area contributed by atoms with Crippen molar-refractivity contribution in [3.63, 3.8) is 0 Å². The average Bonchev–Trinajstić information content (AvgIpc) is 2.73. The molecule has 2 aromatic heterocycles. The molecule has 4 aromatic rings. The number of anilines is 1. The Kier molecular flexibility index (Phi) is 4.68. The fourth-order valence-corrected chi connectivity index (χ4v) is 3.10. The van der Waals surface area contributed by atoms with Crippen LogP contribution in [0.3, 0.4) is 0 Å². The zero-order chi connectivity index (χ0) is 19.5. The van der Waals surface area contributed by atoms with Crippen LogP contribution in [-0.2, 0) is 6.54 Å². The van der Waals surface area contributed by atoms with E-state index in [1.165, 1.54) is 6.33 Å². The van der Waals surface area contributed by atoms with Crippen LogP contribution in [0.5, 0.6) is 0 Å². The standard InChI is InChI=1S/C22H19N5O/c1-14-6-7-15(11-24-14)12-25-22-19-10-16(8-9-20(19)26-13-27-22)17-4-2-3-5-18(17)21(23)28/h2-11,13H,12H2,1H3,(H2,23,28)(H,25,26,27). The second-order valence-corrected chi connectivity index (χ2v) is 6.53. The van der Waals surface area contributed by atoms with Gasteiger partial charge in [-0.2, -0.15) is 0 Å². The number of rotatable bonds is 5. The van der Waals surface area contributed by atoms with Gasteiger partial charge in [0.2, 0.25) is 5.91 Å². The molecule has 0 fully saturated rings. The molecule has 28 heavy (non-hydrogen) atoms. The summed E-state index contributed by atoms with van der Waals surface area (Å²) >= 11 is 0. The molecule has 138 valence electrons.